The lowest BCUT2D eigenvalue weighted by Gasteiger charge is -2.29. The van der Waals surface area contributed by atoms with E-state index in [1.165, 1.54) is 49.7 Å². The lowest BCUT2D eigenvalue weighted by molar-refractivity contribution is -0.135. The maximum absolute atomic E-state index is 12.0. The number of ether oxygens (including phenoxy) is 2. The number of hydrogen-bond donors (Lipinski definition) is 0. The van der Waals surface area contributed by atoms with E-state index in [2.05, 4.69) is 96.5 Å². The molecule has 1 fully saturated rings. The van der Waals surface area contributed by atoms with Crippen molar-refractivity contribution < 1.29 is 19.1 Å². The van der Waals surface area contributed by atoms with E-state index in [0.717, 1.165) is 24.7 Å². The van der Waals surface area contributed by atoms with Crippen LogP contribution in [0.15, 0.2) is 95.6 Å². The summed E-state index contributed by atoms with van der Waals surface area (Å²) in [5, 5.41) is 0. The molecule has 216 valence electrons. The molecule has 1 saturated carbocycles. The summed E-state index contributed by atoms with van der Waals surface area (Å²) in [6.07, 6.45) is 26.2. The first-order chi connectivity index (χ1) is 18.7. The van der Waals surface area contributed by atoms with Crippen LogP contribution in [0, 0.1) is 11.8 Å². The molecule has 3 aliphatic carbocycles. The molecule has 0 saturated heterocycles. The molecule has 6 heteroatoms. The Hall–Kier alpha value is -1.68. The van der Waals surface area contributed by atoms with E-state index in [1.54, 1.807) is 13.8 Å². The fourth-order valence-corrected chi connectivity index (χ4v) is 6.73. The smallest absolute Gasteiger partial charge is 0.338 e. The Kier molecular flexibility index (Phi) is 11.9. The average Bonchev–Trinajstić information content (AvgIpc) is 3.10. The Balaban J connectivity index is 1.45. The molecule has 3 rings (SSSR count). The molecule has 0 bridgehead atoms. The summed E-state index contributed by atoms with van der Waals surface area (Å²) in [5.74, 6) is 1.91. The van der Waals surface area contributed by atoms with E-state index in [0.29, 0.717) is 22.7 Å². The maximum atomic E-state index is 12.0. The number of hydrogen-bond acceptors (Lipinski definition) is 4. The van der Waals surface area contributed by atoms with Gasteiger partial charge in [-0.15, -0.1) is 0 Å². The summed E-state index contributed by atoms with van der Waals surface area (Å²) in [6, 6.07) is 0. The van der Waals surface area contributed by atoms with Gasteiger partial charge in [0.05, 0.1) is 6.84 Å². The predicted octanol–water partition coefficient (Wildman–Crippen LogP) is 9.74. The molecule has 0 amide bonds. The van der Waals surface area contributed by atoms with Gasteiger partial charge in [-0.1, -0.05) is 119 Å². The fourth-order valence-electron chi connectivity index (χ4n) is 5.31. The zero-order chi connectivity index (χ0) is 29.5. The molecule has 2 unspecified atom stereocenters. The van der Waals surface area contributed by atoms with Gasteiger partial charge in [0.25, 0.3) is 0 Å². The van der Waals surface area contributed by atoms with Crippen molar-refractivity contribution in [2.75, 3.05) is 0 Å². The zero-order valence-electron chi connectivity index (χ0n) is 24.2. The van der Waals surface area contributed by atoms with Crippen LogP contribution in [0.3, 0.4) is 0 Å². The first-order valence-corrected chi connectivity index (χ1v) is 16.3. The highest BCUT2D eigenvalue weighted by Gasteiger charge is 2.25. The predicted molar refractivity (Wildman–Crippen MR) is 181 cm³/mol. The second-order valence-electron chi connectivity index (χ2n) is 11.8. The first kappa shape index (κ1) is 32.8. The number of allylic oxidation sites excluding steroid dienone is 10. The maximum Gasteiger partial charge on any atom is 0.338 e. The van der Waals surface area contributed by atoms with Crippen LogP contribution in [0.1, 0.15) is 79.1 Å². The number of alkyl halides is 2. The van der Waals surface area contributed by atoms with Crippen molar-refractivity contribution in [2.45, 2.75) is 85.9 Å². The van der Waals surface area contributed by atoms with Crippen LogP contribution >= 0.6 is 45.2 Å². The Morgan fingerprint density at radius 2 is 1.07 bits per heavy atom. The van der Waals surface area contributed by atoms with Crippen LogP contribution in [-0.2, 0) is 19.1 Å². The molecule has 0 spiro atoms. The number of halogens is 2. The van der Waals surface area contributed by atoms with Crippen molar-refractivity contribution in [2.24, 2.45) is 11.8 Å². The van der Waals surface area contributed by atoms with Crippen LogP contribution in [0.4, 0.5) is 0 Å². The van der Waals surface area contributed by atoms with Crippen LogP contribution in [0.5, 0.6) is 0 Å². The fraction of sp³-hybridized carbons (Fsp3) is 0.471. The number of rotatable bonds is 10. The van der Waals surface area contributed by atoms with Crippen molar-refractivity contribution in [3.63, 3.8) is 0 Å². The van der Waals surface area contributed by atoms with E-state index >= 15 is 0 Å². The van der Waals surface area contributed by atoms with Crippen LogP contribution in [0.25, 0.3) is 0 Å². The molecule has 0 heterocycles. The van der Waals surface area contributed by atoms with Gasteiger partial charge in [0.2, 0.25) is 0 Å². The third-order valence-corrected chi connectivity index (χ3v) is 8.72. The second kappa shape index (κ2) is 14.5. The van der Waals surface area contributed by atoms with E-state index < -0.39 is 0 Å². The Labute approximate surface area is 267 Å². The van der Waals surface area contributed by atoms with Crippen LogP contribution in [0.2, 0.25) is 0 Å². The van der Waals surface area contributed by atoms with Crippen LogP contribution in [-0.4, -0.2) is 18.8 Å². The molecule has 0 aliphatic heterocycles. The summed E-state index contributed by atoms with van der Waals surface area (Å²) in [4.78, 5) is 24.0. The Morgan fingerprint density at radius 1 is 0.725 bits per heavy atom. The molecular weight excluding hydrogens is 726 g/mol. The lowest BCUT2D eigenvalue weighted by atomic mass is 9.77. The van der Waals surface area contributed by atoms with E-state index in [1.807, 2.05) is 24.3 Å². The van der Waals surface area contributed by atoms with Gasteiger partial charge in [-0.2, -0.15) is 0 Å². The summed E-state index contributed by atoms with van der Waals surface area (Å²) in [5.41, 5.74) is 3.40. The van der Waals surface area contributed by atoms with Gasteiger partial charge in [0.1, 0.15) is 11.5 Å². The highest BCUT2D eigenvalue weighted by Crippen LogP contribution is 2.38. The molecule has 0 N–H and O–H groups in total. The van der Waals surface area contributed by atoms with Crippen molar-refractivity contribution in [1.82, 2.24) is 0 Å². The molecule has 0 aromatic rings. The quantitative estimate of drug-likeness (QED) is 0.0962. The summed E-state index contributed by atoms with van der Waals surface area (Å²) < 4.78 is 10.6. The van der Waals surface area contributed by atoms with E-state index in [-0.39, 0.29) is 18.8 Å². The lowest BCUT2D eigenvalue weighted by Crippen LogP contribution is -2.15. The van der Waals surface area contributed by atoms with Gasteiger partial charge in [-0.25, -0.2) is 9.59 Å². The largest absolute Gasteiger partial charge is 0.423 e. The molecule has 0 radical (unpaired) electrons. The Bertz CT molecular complexity index is 1100. The monoisotopic (exact) mass is 768 g/mol. The highest BCUT2D eigenvalue weighted by molar-refractivity contribution is 14.1. The van der Waals surface area contributed by atoms with Gasteiger partial charge in [0.15, 0.2) is 0 Å². The molecule has 0 aromatic heterocycles. The molecule has 3 aliphatic rings. The van der Waals surface area contributed by atoms with Crippen LogP contribution < -0.4 is 0 Å². The van der Waals surface area contributed by atoms with Gasteiger partial charge < -0.3 is 9.47 Å². The average molecular weight is 769 g/mol. The summed E-state index contributed by atoms with van der Waals surface area (Å²) in [7, 11) is 0. The summed E-state index contributed by atoms with van der Waals surface area (Å²) in [6.45, 7) is 14.9. The van der Waals surface area contributed by atoms with E-state index in [9.17, 15) is 9.59 Å². The van der Waals surface area contributed by atoms with Crippen molar-refractivity contribution in [1.29, 1.82) is 0 Å². The minimum atomic E-state index is -0.386. The minimum absolute atomic E-state index is 0.212. The summed E-state index contributed by atoms with van der Waals surface area (Å²) >= 11 is 4.80. The van der Waals surface area contributed by atoms with Gasteiger partial charge >= 0.3 is 11.9 Å². The van der Waals surface area contributed by atoms with Crippen molar-refractivity contribution >= 4 is 57.1 Å². The second-order valence-corrected chi connectivity index (χ2v) is 16.5. The van der Waals surface area contributed by atoms with Gasteiger partial charge in [-0.05, 0) is 89.5 Å². The minimum Gasteiger partial charge on any atom is -0.423 e. The third-order valence-electron chi connectivity index (χ3n) is 7.47. The topological polar surface area (TPSA) is 52.6 Å². The third kappa shape index (κ3) is 11.0. The van der Waals surface area contributed by atoms with Gasteiger partial charge in [0, 0.05) is 11.1 Å². The van der Waals surface area contributed by atoms with Crippen molar-refractivity contribution in [3.8, 4) is 0 Å². The van der Waals surface area contributed by atoms with Gasteiger partial charge in [-0.3, -0.25) is 0 Å². The number of carbonyl (C=O) groups excluding carboxylic acids is 2. The number of esters is 2. The molecule has 2 atom stereocenters. The normalized spacial score (nSPS) is 28.2. The SMILES string of the molecule is C=C(C)C(=O)OC1=CC(C)(I)C=C(CCC2CCC(CCC3=CC(C)(I)C=C(OC(=O)C(=C)C)C=C3)CC2)C=C1. The molecule has 4 nitrogen and oxygen atoms in total. The number of carbonyl (C=O) groups is 2. The molecule has 40 heavy (non-hydrogen) atoms. The Morgan fingerprint density at radius 3 is 1.40 bits per heavy atom. The highest BCUT2D eigenvalue weighted by atomic mass is 127. The first-order valence-electron chi connectivity index (χ1n) is 14.1. The molecule has 0 aromatic carbocycles. The van der Waals surface area contributed by atoms with E-state index in [4.69, 9.17) is 9.47 Å². The zero-order valence-corrected chi connectivity index (χ0v) is 28.5. The standard InChI is InChI=1S/C34H42I2O4/c1-23(2)31(37)39-29-17-15-27(19-33(5,35)21-29)13-11-25-7-9-26(10-8-25)12-14-28-16-18-30(22-34(6,36)20-28)40-32(38)24(3)4/h15-22,25-26H,1,3,7-14H2,2,4-6H3. The van der Waals surface area contributed by atoms with Crippen molar-refractivity contribution in [3.05, 3.63) is 95.6 Å². The molecular formula is C34H42I2O4.